The Kier molecular flexibility index (Phi) is 2.86. The van der Waals surface area contributed by atoms with E-state index in [1.807, 2.05) is 0 Å². The van der Waals surface area contributed by atoms with E-state index in [1.165, 1.54) is 24.3 Å². The van der Waals surface area contributed by atoms with Crippen molar-refractivity contribution in [3.8, 4) is 0 Å². The predicted octanol–water partition coefficient (Wildman–Crippen LogP) is 0.559. The van der Waals surface area contributed by atoms with E-state index in [2.05, 4.69) is 4.18 Å². The van der Waals surface area contributed by atoms with E-state index in [0.717, 1.165) is 7.11 Å². The number of hydrogen-bond donors (Lipinski definition) is 1. The lowest BCUT2D eigenvalue weighted by Crippen LogP contribution is -2.31. The molecule has 0 bridgehead atoms. The van der Waals surface area contributed by atoms with E-state index in [9.17, 15) is 13.2 Å². The molecule has 90 valence electrons. The molecule has 0 heterocycles. The van der Waals surface area contributed by atoms with E-state index in [-0.39, 0.29) is 10.7 Å². The summed E-state index contributed by atoms with van der Waals surface area (Å²) >= 11 is 0. The van der Waals surface area contributed by atoms with Gasteiger partial charge in [-0.25, -0.2) is 0 Å². The van der Waals surface area contributed by atoms with E-state index < -0.39 is 16.2 Å². The third-order valence-corrected chi connectivity index (χ3v) is 3.93. The lowest BCUT2D eigenvalue weighted by Gasteiger charge is -2.16. The first-order chi connectivity index (χ1) is 7.97. The van der Waals surface area contributed by atoms with Crippen molar-refractivity contribution in [2.45, 2.75) is 10.9 Å². The maximum absolute atomic E-state index is 11.8. The minimum atomic E-state index is -3.82. The fraction of sp³-hybridized carbons (Fsp3) is 0.182. The van der Waals surface area contributed by atoms with Crippen LogP contribution in [0.25, 0.3) is 6.08 Å². The molecule has 6 heteroatoms. The number of nitrogens with two attached hydrogens (primary N) is 1. The van der Waals surface area contributed by atoms with Crippen molar-refractivity contribution < 1.29 is 17.4 Å². The molecule has 17 heavy (non-hydrogen) atoms. The average molecular weight is 253 g/mol. The van der Waals surface area contributed by atoms with E-state index >= 15 is 0 Å². The van der Waals surface area contributed by atoms with Gasteiger partial charge in [-0.05, 0) is 6.07 Å². The highest BCUT2D eigenvalue weighted by molar-refractivity contribution is 7.86. The minimum Gasteiger partial charge on any atom is -0.318 e. The first-order valence-electron chi connectivity index (χ1n) is 4.89. The number of carbonyl (C=O) groups excluding carboxylic acids is 1. The molecular weight excluding hydrogens is 242 g/mol. The second-order valence-electron chi connectivity index (χ2n) is 3.59. The van der Waals surface area contributed by atoms with Gasteiger partial charge < -0.3 is 5.73 Å². The Bertz CT molecular complexity index is 604. The summed E-state index contributed by atoms with van der Waals surface area (Å²) < 4.78 is 27.8. The number of Topliss-reactive ketones (excluding diaryl/α,β-unsaturated/α-hetero) is 1. The number of hydrogen-bond acceptors (Lipinski definition) is 5. The number of benzene rings is 1. The molecular formula is C11H11NO4S. The van der Waals surface area contributed by atoms with Crippen molar-refractivity contribution in [2.24, 2.45) is 5.73 Å². The molecule has 5 nitrogen and oxygen atoms in total. The van der Waals surface area contributed by atoms with E-state index in [1.54, 1.807) is 6.07 Å². The van der Waals surface area contributed by atoms with Gasteiger partial charge in [-0.15, -0.1) is 0 Å². The lowest BCUT2D eigenvalue weighted by molar-refractivity contribution is 0.0976. The average Bonchev–Trinajstić information content (AvgIpc) is 2.33. The third kappa shape index (κ3) is 1.90. The molecule has 2 rings (SSSR count). The summed E-state index contributed by atoms with van der Waals surface area (Å²) in [6, 6.07) is 3.72. The third-order valence-electron chi connectivity index (χ3n) is 2.59. The van der Waals surface area contributed by atoms with Crippen LogP contribution in [0.1, 0.15) is 15.9 Å². The zero-order valence-corrected chi connectivity index (χ0v) is 9.90. The first-order valence-corrected chi connectivity index (χ1v) is 6.30. The number of ketones is 1. The van der Waals surface area contributed by atoms with Gasteiger partial charge >= 0.3 is 0 Å². The monoisotopic (exact) mass is 253 g/mol. The molecule has 1 aromatic carbocycles. The normalized spacial score (nSPS) is 19.2. The Morgan fingerprint density at radius 3 is 2.71 bits per heavy atom. The van der Waals surface area contributed by atoms with Crippen LogP contribution in [-0.4, -0.2) is 27.4 Å². The van der Waals surface area contributed by atoms with Crippen molar-refractivity contribution in [2.75, 3.05) is 7.11 Å². The first kappa shape index (κ1) is 12.0. The second-order valence-corrected chi connectivity index (χ2v) is 5.27. The molecule has 1 unspecified atom stereocenters. The Hall–Kier alpha value is -1.50. The van der Waals surface area contributed by atoms with Gasteiger partial charge in [0.15, 0.2) is 5.78 Å². The smallest absolute Gasteiger partial charge is 0.297 e. The van der Waals surface area contributed by atoms with Gasteiger partial charge in [0, 0.05) is 11.1 Å². The van der Waals surface area contributed by atoms with Gasteiger partial charge in [-0.1, -0.05) is 24.3 Å². The van der Waals surface area contributed by atoms with Gasteiger partial charge in [-0.3, -0.25) is 8.98 Å². The zero-order valence-electron chi connectivity index (χ0n) is 9.08. The standard InChI is InChI=1S/C11H11NO4S/c1-16-17(14,15)10-4-2-3-8-7(10)5-6-9(12)11(8)13/h2-6,9H,12H2,1H3. The lowest BCUT2D eigenvalue weighted by atomic mass is 9.93. The summed E-state index contributed by atoms with van der Waals surface area (Å²) in [6.45, 7) is 0. The van der Waals surface area contributed by atoms with Crippen LogP contribution >= 0.6 is 0 Å². The van der Waals surface area contributed by atoms with Crippen molar-refractivity contribution in [3.05, 3.63) is 35.4 Å². The van der Waals surface area contributed by atoms with E-state index in [0.29, 0.717) is 11.1 Å². The minimum absolute atomic E-state index is 0.0194. The highest BCUT2D eigenvalue weighted by Crippen LogP contribution is 2.26. The molecule has 0 aliphatic heterocycles. The molecule has 0 aromatic heterocycles. The Labute approximate surface area is 99.0 Å². The topological polar surface area (TPSA) is 86.5 Å². The van der Waals surface area contributed by atoms with Crippen LogP contribution in [0, 0.1) is 0 Å². The van der Waals surface area contributed by atoms with Gasteiger partial charge in [0.2, 0.25) is 0 Å². The SMILES string of the molecule is COS(=O)(=O)c1cccc2c1C=CC(N)C2=O. The largest absolute Gasteiger partial charge is 0.318 e. The highest BCUT2D eigenvalue weighted by atomic mass is 32.2. The van der Waals surface area contributed by atoms with Gasteiger partial charge in [0.1, 0.15) is 4.90 Å². The Morgan fingerprint density at radius 2 is 2.06 bits per heavy atom. The maximum atomic E-state index is 11.8. The van der Waals surface area contributed by atoms with Crippen molar-refractivity contribution in [3.63, 3.8) is 0 Å². The van der Waals surface area contributed by atoms with Crippen molar-refractivity contribution in [1.29, 1.82) is 0 Å². The van der Waals surface area contributed by atoms with Gasteiger partial charge in [0.05, 0.1) is 13.2 Å². The van der Waals surface area contributed by atoms with Gasteiger partial charge in [0.25, 0.3) is 10.1 Å². The molecule has 0 spiro atoms. The molecule has 0 radical (unpaired) electrons. The van der Waals surface area contributed by atoms with Crippen LogP contribution in [0.15, 0.2) is 29.2 Å². The summed E-state index contributed by atoms with van der Waals surface area (Å²) in [5.41, 5.74) is 6.21. The van der Waals surface area contributed by atoms with Crippen molar-refractivity contribution in [1.82, 2.24) is 0 Å². The maximum Gasteiger partial charge on any atom is 0.297 e. The molecule has 2 N–H and O–H groups in total. The van der Waals surface area contributed by atoms with E-state index in [4.69, 9.17) is 5.73 Å². The van der Waals surface area contributed by atoms with Crippen LogP contribution in [0.5, 0.6) is 0 Å². The van der Waals surface area contributed by atoms with Crippen LogP contribution in [0.3, 0.4) is 0 Å². The van der Waals surface area contributed by atoms with Crippen molar-refractivity contribution >= 4 is 22.0 Å². The summed E-state index contributed by atoms with van der Waals surface area (Å²) in [5, 5.41) is 0. The summed E-state index contributed by atoms with van der Waals surface area (Å²) in [4.78, 5) is 11.8. The molecule has 0 fully saturated rings. The highest BCUT2D eigenvalue weighted by Gasteiger charge is 2.26. The summed E-state index contributed by atoms with van der Waals surface area (Å²) in [5.74, 6) is -0.296. The zero-order chi connectivity index (χ0) is 12.6. The molecule has 0 amide bonds. The second kappa shape index (κ2) is 4.06. The summed E-state index contributed by atoms with van der Waals surface area (Å²) in [6.07, 6.45) is 3.01. The van der Waals surface area contributed by atoms with Gasteiger partial charge in [-0.2, -0.15) is 8.42 Å². The molecule has 0 saturated heterocycles. The van der Waals surface area contributed by atoms with Crippen LogP contribution in [0.2, 0.25) is 0 Å². The molecule has 0 saturated carbocycles. The number of fused-ring (bicyclic) bond motifs is 1. The van der Waals surface area contributed by atoms with Crippen LogP contribution < -0.4 is 5.73 Å². The molecule has 1 aromatic rings. The fourth-order valence-electron chi connectivity index (χ4n) is 1.71. The predicted molar refractivity (Wildman–Crippen MR) is 62.0 cm³/mol. The quantitative estimate of drug-likeness (QED) is 0.778. The molecule has 1 aliphatic rings. The Morgan fingerprint density at radius 1 is 1.35 bits per heavy atom. The molecule has 1 atom stereocenters. The summed E-state index contributed by atoms with van der Waals surface area (Å²) in [7, 11) is -2.75. The number of rotatable bonds is 2. The molecule has 1 aliphatic carbocycles. The Balaban J connectivity index is 2.71. The van der Waals surface area contributed by atoms with Crippen LogP contribution in [0.4, 0.5) is 0 Å². The fourth-order valence-corrected chi connectivity index (χ4v) is 2.58. The van der Waals surface area contributed by atoms with Crippen LogP contribution in [-0.2, 0) is 14.3 Å². The number of carbonyl (C=O) groups is 1.